The molecule has 0 radical (unpaired) electrons. The van der Waals surface area contributed by atoms with Gasteiger partial charge in [0.1, 0.15) is 0 Å². The molecule has 0 atom stereocenters. The first-order chi connectivity index (χ1) is 7.86. The van der Waals surface area contributed by atoms with E-state index in [2.05, 4.69) is 56.3 Å². The molecule has 0 fully saturated rings. The zero-order valence-electron chi connectivity index (χ0n) is 10.1. The third-order valence-corrected chi connectivity index (χ3v) is 4.76. The Hall–Kier alpha value is -0.340. The molecule has 0 heterocycles. The van der Waals surface area contributed by atoms with Crippen LogP contribution in [0.1, 0.15) is 25.8 Å². The Balaban J connectivity index is 2.39. The second-order valence-corrected chi connectivity index (χ2v) is 6.65. The number of hydrogen-bond acceptors (Lipinski definition) is 2. The molecule has 88 valence electrons. The lowest BCUT2D eigenvalue weighted by atomic mass is 10.2. The fourth-order valence-electron chi connectivity index (χ4n) is 1.44. The van der Waals surface area contributed by atoms with Gasteiger partial charge < -0.3 is 0 Å². The van der Waals surface area contributed by atoms with Gasteiger partial charge in [-0.05, 0) is 23.5 Å². The lowest BCUT2D eigenvalue weighted by Crippen LogP contribution is -1.95. The number of allylic oxidation sites excluding steroid dienone is 1. The average Bonchev–Trinajstić information content (AvgIpc) is 2.31. The van der Waals surface area contributed by atoms with E-state index in [0.29, 0.717) is 0 Å². The molecule has 0 nitrogen and oxygen atoms in total. The number of thioether (sulfide) groups is 2. The molecule has 1 aromatic rings. The van der Waals surface area contributed by atoms with Crippen molar-refractivity contribution in [2.75, 3.05) is 11.5 Å². The molecular weight excluding hydrogens is 232 g/mol. The van der Waals surface area contributed by atoms with Crippen molar-refractivity contribution >= 4 is 29.6 Å². The van der Waals surface area contributed by atoms with Crippen LogP contribution in [0.4, 0.5) is 0 Å². The van der Waals surface area contributed by atoms with E-state index in [1.165, 1.54) is 17.1 Å². The quantitative estimate of drug-likeness (QED) is 0.632. The molecule has 0 unspecified atom stereocenters. The molecule has 0 aliphatic rings. The molecule has 0 aliphatic heterocycles. The third kappa shape index (κ3) is 5.66. The minimum absolute atomic E-state index is 0.718. The van der Waals surface area contributed by atoms with Crippen LogP contribution in [0.15, 0.2) is 36.4 Å². The SMILES string of the molecule is CCSC(C/C=C/c1ccccc1)SCC. The maximum Gasteiger partial charge on any atom is 0.0536 e. The summed E-state index contributed by atoms with van der Waals surface area (Å²) in [6.07, 6.45) is 5.68. The highest BCUT2D eigenvalue weighted by Crippen LogP contribution is 2.26. The lowest BCUT2D eigenvalue weighted by Gasteiger charge is -2.11. The van der Waals surface area contributed by atoms with Crippen LogP contribution < -0.4 is 0 Å². The second-order valence-electron chi connectivity index (χ2n) is 3.39. The summed E-state index contributed by atoms with van der Waals surface area (Å²) < 4.78 is 0.718. The van der Waals surface area contributed by atoms with Crippen molar-refractivity contribution in [1.29, 1.82) is 0 Å². The van der Waals surface area contributed by atoms with Crippen molar-refractivity contribution in [1.82, 2.24) is 0 Å². The van der Waals surface area contributed by atoms with Gasteiger partial charge in [0.25, 0.3) is 0 Å². The van der Waals surface area contributed by atoms with Gasteiger partial charge in [-0.2, -0.15) is 0 Å². The van der Waals surface area contributed by atoms with E-state index in [9.17, 15) is 0 Å². The summed E-state index contributed by atoms with van der Waals surface area (Å²) in [6.45, 7) is 4.46. The monoisotopic (exact) mass is 252 g/mol. The summed E-state index contributed by atoms with van der Waals surface area (Å²) in [5.74, 6) is 2.41. The zero-order chi connectivity index (χ0) is 11.6. The van der Waals surface area contributed by atoms with Gasteiger partial charge in [-0.3, -0.25) is 0 Å². The molecule has 0 spiro atoms. The first-order valence-corrected chi connectivity index (χ1v) is 7.91. The van der Waals surface area contributed by atoms with E-state index in [4.69, 9.17) is 0 Å². The Bertz CT molecular complexity index is 287. The van der Waals surface area contributed by atoms with Crippen molar-refractivity contribution in [2.24, 2.45) is 0 Å². The van der Waals surface area contributed by atoms with Crippen LogP contribution in [0.5, 0.6) is 0 Å². The van der Waals surface area contributed by atoms with Gasteiger partial charge in [0.2, 0.25) is 0 Å². The highest BCUT2D eigenvalue weighted by molar-refractivity contribution is 8.16. The molecule has 1 rings (SSSR count). The summed E-state index contributed by atoms with van der Waals surface area (Å²) in [6, 6.07) is 10.5. The molecule has 0 aromatic heterocycles. The highest BCUT2D eigenvalue weighted by Gasteiger charge is 2.04. The van der Waals surface area contributed by atoms with Gasteiger partial charge in [-0.15, -0.1) is 23.5 Å². The van der Waals surface area contributed by atoms with Crippen LogP contribution in [-0.4, -0.2) is 16.1 Å². The smallest absolute Gasteiger partial charge is 0.0536 e. The molecule has 2 heteroatoms. The normalized spacial score (nSPS) is 11.4. The Morgan fingerprint density at radius 2 is 1.69 bits per heavy atom. The molecule has 0 saturated heterocycles. The fourth-order valence-corrected chi connectivity index (χ4v) is 3.87. The summed E-state index contributed by atoms with van der Waals surface area (Å²) in [4.78, 5) is 0. The topological polar surface area (TPSA) is 0 Å². The Morgan fingerprint density at radius 3 is 2.25 bits per heavy atom. The molecular formula is C14H20S2. The van der Waals surface area contributed by atoms with Crippen molar-refractivity contribution in [2.45, 2.75) is 24.9 Å². The molecule has 0 amide bonds. The Kier molecular flexibility index (Phi) is 7.52. The highest BCUT2D eigenvalue weighted by atomic mass is 32.2. The summed E-state index contributed by atoms with van der Waals surface area (Å²) >= 11 is 4.10. The maximum absolute atomic E-state index is 2.30. The minimum atomic E-state index is 0.718. The molecule has 1 aromatic carbocycles. The third-order valence-electron chi connectivity index (χ3n) is 2.14. The van der Waals surface area contributed by atoms with Crippen LogP contribution in [0.25, 0.3) is 6.08 Å². The van der Waals surface area contributed by atoms with E-state index in [1.807, 2.05) is 23.5 Å². The second kappa shape index (κ2) is 8.77. The summed E-state index contributed by atoms with van der Waals surface area (Å²) in [5, 5.41) is 0. The molecule has 0 saturated carbocycles. The molecule has 0 aliphatic carbocycles. The van der Waals surface area contributed by atoms with Crippen molar-refractivity contribution in [3.05, 3.63) is 42.0 Å². The van der Waals surface area contributed by atoms with Crippen LogP contribution >= 0.6 is 23.5 Å². The Labute approximate surface area is 108 Å². The van der Waals surface area contributed by atoms with E-state index in [-0.39, 0.29) is 0 Å². The van der Waals surface area contributed by atoms with E-state index in [0.717, 1.165) is 11.0 Å². The zero-order valence-corrected chi connectivity index (χ0v) is 11.7. The van der Waals surface area contributed by atoms with Crippen molar-refractivity contribution in [3.63, 3.8) is 0 Å². The van der Waals surface area contributed by atoms with Gasteiger partial charge in [-0.25, -0.2) is 0 Å². The van der Waals surface area contributed by atoms with Crippen LogP contribution in [0.2, 0.25) is 0 Å². The van der Waals surface area contributed by atoms with Crippen LogP contribution in [0, 0.1) is 0 Å². The predicted molar refractivity (Wildman–Crippen MR) is 80.1 cm³/mol. The van der Waals surface area contributed by atoms with Gasteiger partial charge in [-0.1, -0.05) is 56.3 Å². The van der Waals surface area contributed by atoms with E-state index < -0.39 is 0 Å². The van der Waals surface area contributed by atoms with Gasteiger partial charge in [0, 0.05) is 0 Å². The van der Waals surface area contributed by atoms with Crippen LogP contribution in [0.3, 0.4) is 0 Å². The summed E-state index contributed by atoms with van der Waals surface area (Å²) in [5.41, 5.74) is 1.30. The standard InChI is InChI=1S/C14H20S2/c1-3-15-14(16-4-2)12-8-11-13-9-6-5-7-10-13/h5-11,14H,3-4,12H2,1-2H3/b11-8+. The van der Waals surface area contributed by atoms with Crippen molar-refractivity contribution < 1.29 is 0 Å². The van der Waals surface area contributed by atoms with Gasteiger partial charge in [0.05, 0.1) is 4.58 Å². The first kappa shape index (κ1) is 13.7. The summed E-state index contributed by atoms with van der Waals surface area (Å²) in [7, 11) is 0. The van der Waals surface area contributed by atoms with E-state index in [1.54, 1.807) is 0 Å². The number of benzene rings is 1. The fraction of sp³-hybridized carbons (Fsp3) is 0.429. The largest absolute Gasteiger partial charge is 0.148 e. The van der Waals surface area contributed by atoms with Crippen LogP contribution in [-0.2, 0) is 0 Å². The lowest BCUT2D eigenvalue weighted by molar-refractivity contribution is 1.18. The molecule has 0 N–H and O–H groups in total. The molecule has 16 heavy (non-hydrogen) atoms. The maximum atomic E-state index is 2.30. The van der Waals surface area contributed by atoms with E-state index >= 15 is 0 Å². The number of hydrogen-bond donors (Lipinski definition) is 0. The first-order valence-electron chi connectivity index (χ1n) is 5.81. The average molecular weight is 252 g/mol. The Morgan fingerprint density at radius 1 is 1.06 bits per heavy atom. The van der Waals surface area contributed by atoms with Gasteiger partial charge >= 0.3 is 0 Å². The molecule has 0 bridgehead atoms. The van der Waals surface area contributed by atoms with Gasteiger partial charge in [0.15, 0.2) is 0 Å². The predicted octanol–water partition coefficient (Wildman–Crippen LogP) is 4.92. The van der Waals surface area contributed by atoms with Crippen molar-refractivity contribution in [3.8, 4) is 0 Å². The minimum Gasteiger partial charge on any atom is -0.148 e. The number of rotatable bonds is 7.